The second-order valence-corrected chi connectivity index (χ2v) is 6.66. The molecular formula is C19H30N2O2. The van der Waals surface area contributed by atoms with E-state index in [9.17, 15) is 4.79 Å². The Kier molecular flexibility index (Phi) is 7.14. The highest BCUT2D eigenvalue weighted by Gasteiger charge is 2.17. The third-order valence-electron chi connectivity index (χ3n) is 3.80. The van der Waals surface area contributed by atoms with Gasteiger partial charge in [0.15, 0.2) is 0 Å². The summed E-state index contributed by atoms with van der Waals surface area (Å²) >= 11 is 0. The summed E-state index contributed by atoms with van der Waals surface area (Å²) in [5, 5.41) is 12.4. The lowest BCUT2D eigenvalue weighted by atomic mass is 9.92. The van der Waals surface area contributed by atoms with E-state index in [0.717, 1.165) is 35.6 Å². The number of carboxylic acids is 1. The summed E-state index contributed by atoms with van der Waals surface area (Å²) in [6, 6.07) is 6.19. The van der Waals surface area contributed by atoms with Crippen LogP contribution in [0, 0.1) is 5.92 Å². The molecule has 0 amide bonds. The summed E-state index contributed by atoms with van der Waals surface area (Å²) in [6.45, 7) is 13.2. The molecular weight excluding hydrogens is 288 g/mol. The van der Waals surface area contributed by atoms with Crippen molar-refractivity contribution in [2.45, 2.75) is 46.5 Å². The van der Waals surface area contributed by atoms with Crippen LogP contribution in [0.2, 0.25) is 0 Å². The van der Waals surface area contributed by atoms with Crippen LogP contribution in [0.25, 0.3) is 0 Å². The zero-order valence-electron chi connectivity index (χ0n) is 15.0. The number of nitrogens with one attached hydrogen (secondary N) is 1. The molecule has 0 fully saturated rings. The Bertz CT molecular complexity index is 552. The number of carbonyl (C=O) groups is 1. The van der Waals surface area contributed by atoms with E-state index in [1.54, 1.807) is 0 Å². The fourth-order valence-electron chi connectivity index (χ4n) is 2.83. The molecule has 0 heterocycles. The molecule has 1 rings (SSSR count). The number of carboxylic acid groups (broad SMARTS) is 1. The summed E-state index contributed by atoms with van der Waals surface area (Å²) in [6.07, 6.45) is 0.962. The number of hydrogen-bond donors (Lipinski definition) is 2. The lowest BCUT2D eigenvalue weighted by Gasteiger charge is -2.26. The first kappa shape index (κ1) is 19.1. The molecule has 2 N–H and O–H groups in total. The van der Waals surface area contributed by atoms with Crippen LogP contribution in [0.5, 0.6) is 0 Å². The van der Waals surface area contributed by atoms with Gasteiger partial charge in [0, 0.05) is 19.3 Å². The normalized spacial score (nSPS) is 12.1. The van der Waals surface area contributed by atoms with Gasteiger partial charge in [0.2, 0.25) is 0 Å². The van der Waals surface area contributed by atoms with Crippen molar-refractivity contribution in [1.82, 2.24) is 0 Å². The van der Waals surface area contributed by atoms with Gasteiger partial charge in [-0.3, -0.25) is 4.79 Å². The molecule has 23 heavy (non-hydrogen) atoms. The summed E-state index contributed by atoms with van der Waals surface area (Å²) in [7, 11) is 2.08. The van der Waals surface area contributed by atoms with Crippen LogP contribution in [-0.4, -0.2) is 24.7 Å². The average Bonchev–Trinajstić information content (AvgIpc) is 2.42. The standard InChI is InChI=1S/C19H30N2O2/c1-7-15(11-19(22)23)16-8-9-18(21(6)12-13(2)3)17(10-16)20-14(4)5/h8-10,13,15,20H,4,7,11-12H2,1-3,5-6H3,(H,22,23). The van der Waals surface area contributed by atoms with Gasteiger partial charge in [0.1, 0.15) is 0 Å². The number of hydrogen-bond acceptors (Lipinski definition) is 3. The molecule has 0 aliphatic rings. The molecule has 1 aromatic carbocycles. The van der Waals surface area contributed by atoms with Crippen LogP contribution in [0.15, 0.2) is 30.5 Å². The minimum atomic E-state index is -0.757. The number of benzene rings is 1. The Morgan fingerprint density at radius 1 is 1.39 bits per heavy atom. The maximum atomic E-state index is 11.1. The molecule has 4 nitrogen and oxygen atoms in total. The van der Waals surface area contributed by atoms with E-state index in [1.807, 2.05) is 19.9 Å². The number of rotatable bonds is 9. The highest BCUT2D eigenvalue weighted by atomic mass is 16.4. The molecule has 1 aromatic rings. The highest BCUT2D eigenvalue weighted by molar-refractivity contribution is 5.73. The minimum Gasteiger partial charge on any atom is -0.481 e. The van der Waals surface area contributed by atoms with Gasteiger partial charge in [-0.25, -0.2) is 0 Å². The van der Waals surface area contributed by atoms with Crippen molar-refractivity contribution in [2.75, 3.05) is 23.8 Å². The molecule has 0 aliphatic carbocycles. The number of aliphatic carboxylic acids is 1. The molecule has 0 aliphatic heterocycles. The van der Waals surface area contributed by atoms with E-state index >= 15 is 0 Å². The van der Waals surface area contributed by atoms with Crippen molar-refractivity contribution in [3.63, 3.8) is 0 Å². The number of nitrogens with zero attached hydrogens (tertiary/aromatic N) is 1. The fourth-order valence-corrected chi connectivity index (χ4v) is 2.83. The van der Waals surface area contributed by atoms with E-state index in [-0.39, 0.29) is 12.3 Å². The van der Waals surface area contributed by atoms with Gasteiger partial charge in [0.25, 0.3) is 0 Å². The van der Waals surface area contributed by atoms with Crippen LogP contribution in [0.4, 0.5) is 11.4 Å². The molecule has 0 aromatic heterocycles. The van der Waals surface area contributed by atoms with Crippen LogP contribution in [-0.2, 0) is 4.79 Å². The quantitative estimate of drug-likeness (QED) is 0.693. The van der Waals surface area contributed by atoms with Gasteiger partial charge in [0.05, 0.1) is 17.8 Å². The van der Waals surface area contributed by atoms with E-state index < -0.39 is 5.97 Å². The Morgan fingerprint density at radius 2 is 2.04 bits per heavy atom. The Morgan fingerprint density at radius 3 is 2.52 bits per heavy atom. The van der Waals surface area contributed by atoms with E-state index in [2.05, 4.69) is 49.8 Å². The smallest absolute Gasteiger partial charge is 0.303 e. The van der Waals surface area contributed by atoms with Gasteiger partial charge in [-0.2, -0.15) is 0 Å². The van der Waals surface area contributed by atoms with Crippen LogP contribution >= 0.6 is 0 Å². The lowest BCUT2D eigenvalue weighted by Crippen LogP contribution is -2.23. The molecule has 128 valence electrons. The zero-order chi connectivity index (χ0) is 17.6. The minimum absolute atomic E-state index is 0.0302. The average molecular weight is 318 g/mol. The van der Waals surface area contributed by atoms with E-state index in [0.29, 0.717) is 5.92 Å². The van der Waals surface area contributed by atoms with Crippen molar-refractivity contribution in [3.05, 3.63) is 36.0 Å². The molecule has 1 atom stereocenters. The van der Waals surface area contributed by atoms with Gasteiger partial charge in [-0.1, -0.05) is 33.4 Å². The lowest BCUT2D eigenvalue weighted by molar-refractivity contribution is -0.137. The Labute approximate surface area is 140 Å². The van der Waals surface area contributed by atoms with Crippen molar-refractivity contribution in [3.8, 4) is 0 Å². The molecule has 0 radical (unpaired) electrons. The Hall–Kier alpha value is -1.97. The predicted octanol–water partition coefficient (Wildman–Crippen LogP) is 4.69. The molecule has 4 heteroatoms. The molecule has 1 unspecified atom stereocenters. The molecule has 0 bridgehead atoms. The first-order valence-corrected chi connectivity index (χ1v) is 8.24. The highest BCUT2D eigenvalue weighted by Crippen LogP contribution is 2.33. The van der Waals surface area contributed by atoms with Crippen molar-refractivity contribution < 1.29 is 9.90 Å². The van der Waals surface area contributed by atoms with Gasteiger partial charge < -0.3 is 15.3 Å². The van der Waals surface area contributed by atoms with E-state index in [1.165, 1.54) is 0 Å². The topological polar surface area (TPSA) is 52.6 Å². The zero-order valence-corrected chi connectivity index (χ0v) is 15.0. The third kappa shape index (κ3) is 5.97. The second-order valence-electron chi connectivity index (χ2n) is 6.66. The van der Waals surface area contributed by atoms with Gasteiger partial charge >= 0.3 is 5.97 Å². The van der Waals surface area contributed by atoms with Gasteiger partial charge in [-0.15, -0.1) is 0 Å². The molecule has 0 saturated carbocycles. The number of anilines is 2. The third-order valence-corrected chi connectivity index (χ3v) is 3.80. The van der Waals surface area contributed by atoms with Crippen molar-refractivity contribution in [2.24, 2.45) is 5.92 Å². The molecule has 0 saturated heterocycles. The van der Waals surface area contributed by atoms with Crippen molar-refractivity contribution >= 4 is 17.3 Å². The second kappa shape index (κ2) is 8.61. The fraction of sp³-hybridized carbons (Fsp3) is 0.526. The van der Waals surface area contributed by atoms with E-state index in [4.69, 9.17) is 5.11 Å². The summed E-state index contributed by atoms with van der Waals surface area (Å²) < 4.78 is 0. The summed E-state index contributed by atoms with van der Waals surface area (Å²) in [5.41, 5.74) is 4.02. The maximum Gasteiger partial charge on any atom is 0.303 e. The van der Waals surface area contributed by atoms with Crippen LogP contribution in [0.1, 0.15) is 52.0 Å². The maximum absolute atomic E-state index is 11.1. The SMILES string of the molecule is C=C(C)Nc1cc(C(CC)CC(=O)O)ccc1N(C)CC(C)C. The van der Waals surface area contributed by atoms with Crippen molar-refractivity contribution in [1.29, 1.82) is 0 Å². The Balaban J connectivity index is 3.18. The monoisotopic (exact) mass is 318 g/mol. The first-order valence-electron chi connectivity index (χ1n) is 8.24. The predicted molar refractivity (Wildman–Crippen MR) is 98.3 cm³/mol. The van der Waals surface area contributed by atoms with Crippen LogP contribution in [0.3, 0.4) is 0 Å². The van der Waals surface area contributed by atoms with Crippen LogP contribution < -0.4 is 10.2 Å². The first-order chi connectivity index (χ1) is 10.7. The summed E-state index contributed by atoms with van der Waals surface area (Å²) in [4.78, 5) is 13.3. The largest absolute Gasteiger partial charge is 0.481 e. The van der Waals surface area contributed by atoms with Gasteiger partial charge in [-0.05, 0) is 42.9 Å². The summed E-state index contributed by atoms with van der Waals surface area (Å²) in [5.74, 6) is -0.164. The number of allylic oxidation sites excluding steroid dienone is 1. The molecule has 0 spiro atoms.